The van der Waals surface area contributed by atoms with Crippen molar-refractivity contribution in [2.45, 2.75) is 4.90 Å². The van der Waals surface area contributed by atoms with Crippen molar-refractivity contribution in [2.24, 2.45) is 0 Å². The first-order valence-corrected chi connectivity index (χ1v) is 9.20. The Morgan fingerprint density at radius 3 is 2.29 bits per heavy atom. The molecule has 1 N–H and O–H groups in total. The van der Waals surface area contributed by atoms with Gasteiger partial charge in [0, 0.05) is 29.8 Å². The molecule has 0 aliphatic heterocycles. The van der Waals surface area contributed by atoms with Crippen LogP contribution in [0.2, 0.25) is 0 Å². The second-order valence-electron chi connectivity index (χ2n) is 5.18. The normalized spacial score (nSPS) is 11.0. The van der Waals surface area contributed by atoms with Crippen LogP contribution in [0.15, 0.2) is 51.8 Å². The minimum Gasteiger partial charge on any atom is -0.495 e. The lowest BCUT2D eigenvalue weighted by Crippen LogP contribution is -2.22. The van der Waals surface area contributed by atoms with Gasteiger partial charge in [-0.15, -0.1) is 0 Å². The van der Waals surface area contributed by atoms with E-state index in [-0.39, 0.29) is 22.1 Å². The number of methoxy groups -OCH3 is 1. The quantitative estimate of drug-likeness (QED) is 0.818. The third-order valence-electron chi connectivity index (χ3n) is 3.20. The van der Waals surface area contributed by atoms with E-state index in [1.165, 1.54) is 30.2 Å². The molecule has 2 rings (SSSR count). The number of nitrogens with zero attached hydrogens (tertiary/aromatic N) is 1. The largest absolute Gasteiger partial charge is 0.495 e. The zero-order valence-electron chi connectivity index (χ0n) is 13.4. The first-order valence-electron chi connectivity index (χ1n) is 6.92. The maximum Gasteiger partial charge on any atom is 0.265 e. The van der Waals surface area contributed by atoms with Crippen LogP contribution in [-0.2, 0) is 10.0 Å². The molecular weight excluding hydrogens is 396 g/mol. The highest BCUT2D eigenvalue weighted by Gasteiger charge is 2.22. The van der Waals surface area contributed by atoms with Gasteiger partial charge in [0.15, 0.2) is 0 Å². The molecule has 0 aromatic heterocycles. The van der Waals surface area contributed by atoms with Crippen molar-refractivity contribution >= 4 is 37.5 Å². The molecule has 8 heteroatoms. The fourth-order valence-corrected chi connectivity index (χ4v) is 3.53. The van der Waals surface area contributed by atoms with Crippen LogP contribution in [0, 0.1) is 0 Å². The summed E-state index contributed by atoms with van der Waals surface area (Å²) in [5.41, 5.74) is 0.668. The first kappa shape index (κ1) is 18.3. The van der Waals surface area contributed by atoms with Gasteiger partial charge in [-0.3, -0.25) is 9.52 Å². The van der Waals surface area contributed by atoms with Crippen molar-refractivity contribution in [3.8, 4) is 5.75 Å². The van der Waals surface area contributed by atoms with Gasteiger partial charge in [-0.25, -0.2) is 8.42 Å². The molecule has 6 nitrogen and oxygen atoms in total. The molecule has 0 aliphatic carbocycles. The summed E-state index contributed by atoms with van der Waals surface area (Å²) in [5.74, 6) is -0.132. The molecule has 128 valence electrons. The number of carbonyl (C=O) groups is 1. The lowest BCUT2D eigenvalue weighted by molar-refractivity contribution is 0.0827. The van der Waals surface area contributed by atoms with E-state index in [0.29, 0.717) is 5.69 Å². The number of ether oxygens (including phenoxy) is 1. The molecule has 0 bridgehead atoms. The van der Waals surface area contributed by atoms with Gasteiger partial charge in [-0.2, -0.15) is 0 Å². The molecule has 2 aromatic carbocycles. The smallest absolute Gasteiger partial charge is 0.265 e. The van der Waals surface area contributed by atoms with E-state index in [2.05, 4.69) is 20.7 Å². The molecule has 0 saturated heterocycles. The molecule has 0 radical (unpaired) electrons. The highest BCUT2D eigenvalue weighted by atomic mass is 79.9. The number of halogens is 1. The van der Waals surface area contributed by atoms with Crippen LogP contribution >= 0.6 is 15.9 Å². The second kappa shape index (κ2) is 7.23. The summed E-state index contributed by atoms with van der Waals surface area (Å²) >= 11 is 3.29. The van der Waals surface area contributed by atoms with Gasteiger partial charge in [-0.1, -0.05) is 15.9 Å². The van der Waals surface area contributed by atoms with Crippen molar-refractivity contribution in [1.82, 2.24) is 4.90 Å². The predicted molar refractivity (Wildman–Crippen MR) is 96.0 cm³/mol. The van der Waals surface area contributed by atoms with Gasteiger partial charge in [0.2, 0.25) is 0 Å². The van der Waals surface area contributed by atoms with Crippen molar-refractivity contribution in [3.05, 3.63) is 52.5 Å². The molecule has 0 saturated carbocycles. The molecule has 0 fully saturated rings. The van der Waals surface area contributed by atoms with Crippen LogP contribution < -0.4 is 9.46 Å². The summed E-state index contributed by atoms with van der Waals surface area (Å²) in [5, 5.41) is 0. The summed E-state index contributed by atoms with van der Waals surface area (Å²) in [6, 6.07) is 11.0. The number of rotatable bonds is 5. The Labute approximate surface area is 149 Å². The number of anilines is 1. The summed E-state index contributed by atoms with van der Waals surface area (Å²) in [6.07, 6.45) is 0. The number of benzene rings is 2. The molecule has 0 atom stereocenters. The zero-order valence-corrected chi connectivity index (χ0v) is 15.8. The van der Waals surface area contributed by atoms with Crippen LogP contribution in [0.1, 0.15) is 10.4 Å². The molecule has 1 amide bonds. The Hall–Kier alpha value is -2.06. The molecule has 0 unspecified atom stereocenters. The van der Waals surface area contributed by atoms with E-state index in [1.807, 2.05) is 0 Å². The van der Waals surface area contributed by atoms with Crippen molar-refractivity contribution in [3.63, 3.8) is 0 Å². The first-order chi connectivity index (χ1) is 11.2. The molecule has 0 heterocycles. The van der Waals surface area contributed by atoms with Crippen LogP contribution in [-0.4, -0.2) is 40.4 Å². The number of nitrogens with one attached hydrogen (secondary N) is 1. The Bertz CT molecular complexity index is 849. The maximum atomic E-state index is 12.7. The highest BCUT2D eigenvalue weighted by Crippen LogP contribution is 2.27. The average Bonchev–Trinajstić information content (AvgIpc) is 2.55. The van der Waals surface area contributed by atoms with E-state index in [1.54, 1.807) is 38.4 Å². The van der Waals surface area contributed by atoms with E-state index in [9.17, 15) is 13.2 Å². The SMILES string of the molecule is COc1ccc(C(=O)N(C)C)cc1S(=O)(=O)Nc1ccc(Br)cc1. The number of carbonyl (C=O) groups excluding carboxylic acids is 1. The standard InChI is InChI=1S/C16H17BrN2O4S/c1-19(2)16(20)11-4-9-14(23-3)15(10-11)24(21,22)18-13-7-5-12(17)6-8-13/h4-10,18H,1-3H3. The molecule has 0 spiro atoms. The van der Waals surface area contributed by atoms with Gasteiger partial charge >= 0.3 is 0 Å². The van der Waals surface area contributed by atoms with Crippen LogP contribution in [0.5, 0.6) is 5.75 Å². The molecule has 0 aliphatic rings. The zero-order chi connectivity index (χ0) is 17.9. The molecule has 2 aromatic rings. The third kappa shape index (κ3) is 4.07. The van der Waals surface area contributed by atoms with Gasteiger partial charge in [0.05, 0.1) is 7.11 Å². The monoisotopic (exact) mass is 412 g/mol. The van der Waals surface area contributed by atoms with Crippen molar-refractivity contribution in [2.75, 3.05) is 25.9 Å². The predicted octanol–water partition coefficient (Wildman–Crippen LogP) is 2.96. The topological polar surface area (TPSA) is 75.7 Å². The lowest BCUT2D eigenvalue weighted by atomic mass is 10.2. The number of sulfonamides is 1. The lowest BCUT2D eigenvalue weighted by Gasteiger charge is -2.15. The Balaban J connectivity index is 2.45. The third-order valence-corrected chi connectivity index (χ3v) is 5.13. The van der Waals surface area contributed by atoms with Crippen LogP contribution in [0.3, 0.4) is 0 Å². The summed E-state index contributed by atoms with van der Waals surface area (Å²) in [6.45, 7) is 0. The summed E-state index contributed by atoms with van der Waals surface area (Å²) in [7, 11) is 0.661. The van der Waals surface area contributed by atoms with E-state index in [0.717, 1.165) is 4.47 Å². The van der Waals surface area contributed by atoms with Gasteiger partial charge in [0.25, 0.3) is 15.9 Å². The highest BCUT2D eigenvalue weighted by molar-refractivity contribution is 9.10. The van der Waals surface area contributed by atoms with E-state index >= 15 is 0 Å². The summed E-state index contributed by atoms with van der Waals surface area (Å²) < 4.78 is 33.8. The van der Waals surface area contributed by atoms with Gasteiger partial charge in [0.1, 0.15) is 10.6 Å². The van der Waals surface area contributed by atoms with E-state index in [4.69, 9.17) is 4.74 Å². The number of amides is 1. The summed E-state index contributed by atoms with van der Waals surface area (Å²) in [4.78, 5) is 13.4. The number of hydrogen-bond donors (Lipinski definition) is 1. The fourth-order valence-electron chi connectivity index (χ4n) is 2.01. The number of hydrogen-bond acceptors (Lipinski definition) is 4. The maximum absolute atomic E-state index is 12.7. The van der Waals surface area contributed by atoms with Gasteiger partial charge < -0.3 is 9.64 Å². The van der Waals surface area contributed by atoms with Crippen LogP contribution in [0.25, 0.3) is 0 Å². The van der Waals surface area contributed by atoms with Crippen molar-refractivity contribution < 1.29 is 17.9 Å². The Kier molecular flexibility index (Phi) is 5.51. The Morgan fingerprint density at radius 2 is 1.75 bits per heavy atom. The molecular formula is C16H17BrN2O4S. The fraction of sp³-hybridized carbons (Fsp3) is 0.188. The minimum absolute atomic E-state index is 0.0966. The van der Waals surface area contributed by atoms with Crippen LogP contribution in [0.4, 0.5) is 5.69 Å². The minimum atomic E-state index is -3.91. The van der Waals surface area contributed by atoms with E-state index < -0.39 is 10.0 Å². The molecule has 24 heavy (non-hydrogen) atoms. The average molecular weight is 413 g/mol. The second-order valence-corrected chi connectivity index (χ2v) is 7.74. The van der Waals surface area contributed by atoms with Gasteiger partial charge in [-0.05, 0) is 42.5 Å². The Morgan fingerprint density at radius 1 is 1.12 bits per heavy atom. The van der Waals surface area contributed by atoms with Crippen molar-refractivity contribution in [1.29, 1.82) is 0 Å².